The first-order valence-corrected chi connectivity index (χ1v) is 4.30. The first kappa shape index (κ1) is 6.82. The zero-order valence-corrected chi connectivity index (χ0v) is 6.95. The van der Waals surface area contributed by atoms with Gasteiger partial charge in [0.05, 0.1) is 5.69 Å². The molecule has 0 saturated heterocycles. The van der Waals surface area contributed by atoms with E-state index in [0.717, 1.165) is 30.5 Å². The van der Waals surface area contributed by atoms with E-state index in [1.165, 1.54) is 6.33 Å². The molecular weight excluding hydrogens is 168 g/mol. The van der Waals surface area contributed by atoms with Crippen LogP contribution in [0.5, 0.6) is 0 Å². The third-order valence-electron chi connectivity index (χ3n) is 2.49. The third kappa shape index (κ3) is 0.783. The lowest BCUT2D eigenvalue weighted by molar-refractivity contribution is 0.834. The molecule has 0 amide bonds. The standard InChI is InChI=1S/C8H8N4O/c13-7-5-2-1-3-6(5)12-8(11-7)9-4-10-12/h4H,1-3H2,(H,9,10,11,13). The first-order valence-electron chi connectivity index (χ1n) is 4.30. The molecular formula is C8H8N4O. The Labute approximate surface area is 73.4 Å². The summed E-state index contributed by atoms with van der Waals surface area (Å²) in [5.41, 5.74) is 1.89. The highest BCUT2D eigenvalue weighted by atomic mass is 16.1. The Hall–Kier alpha value is -1.65. The van der Waals surface area contributed by atoms with Gasteiger partial charge in [0.15, 0.2) is 0 Å². The number of fused-ring (bicyclic) bond motifs is 3. The molecule has 0 spiro atoms. The van der Waals surface area contributed by atoms with Crippen LogP contribution in [0.3, 0.4) is 0 Å². The molecule has 3 rings (SSSR count). The normalized spacial score (nSPS) is 15.1. The molecule has 0 aromatic carbocycles. The maximum atomic E-state index is 11.5. The molecule has 5 heteroatoms. The summed E-state index contributed by atoms with van der Waals surface area (Å²) < 4.78 is 1.73. The Bertz CT molecular complexity index is 524. The first-order chi connectivity index (χ1) is 6.36. The summed E-state index contributed by atoms with van der Waals surface area (Å²) in [5.74, 6) is 0.547. The largest absolute Gasteiger partial charge is 0.291 e. The molecule has 0 aliphatic heterocycles. The van der Waals surface area contributed by atoms with Crippen molar-refractivity contribution in [2.75, 3.05) is 0 Å². The van der Waals surface area contributed by atoms with Gasteiger partial charge in [-0.05, 0) is 19.3 Å². The van der Waals surface area contributed by atoms with Crippen LogP contribution in [0, 0.1) is 0 Å². The minimum absolute atomic E-state index is 0.00648. The van der Waals surface area contributed by atoms with E-state index in [4.69, 9.17) is 0 Å². The van der Waals surface area contributed by atoms with Gasteiger partial charge in [0.25, 0.3) is 5.56 Å². The lowest BCUT2D eigenvalue weighted by Crippen LogP contribution is -2.16. The molecule has 0 bridgehead atoms. The minimum Gasteiger partial charge on any atom is -0.291 e. The van der Waals surface area contributed by atoms with Crippen LogP contribution in [-0.2, 0) is 12.8 Å². The van der Waals surface area contributed by atoms with Gasteiger partial charge in [0.1, 0.15) is 6.33 Å². The van der Waals surface area contributed by atoms with E-state index in [-0.39, 0.29) is 5.56 Å². The smallest absolute Gasteiger partial charge is 0.255 e. The summed E-state index contributed by atoms with van der Waals surface area (Å²) in [6, 6.07) is 0. The number of aryl methyl sites for hydroxylation is 1. The minimum atomic E-state index is -0.00648. The predicted octanol–water partition coefficient (Wildman–Crippen LogP) is -0.0937. The van der Waals surface area contributed by atoms with E-state index >= 15 is 0 Å². The zero-order chi connectivity index (χ0) is 8.84. The van der Waals surface area contributed by atoms with Crippen molar-refractivity contribution in [1.29, 1.82) is 0 Å². The predicted molar refractivity (Wildman–Crippen MR) is 45.6 cm³/mol. The molecule has 1 N–H and O–H groups in total. The number of aromatic amines is 1. The van der Waals surface area contributed by atoms with E-state index in [1.54, 1.807) is 4.52 Å². The second-order valence-electron chi connectivity index (χ2n) is 3.23. The molecule has 2 aromatic rings. The van der Waals surface area contributed by atoms with Gasteiger partial charge < -0.3 is 0 Å². The van der Waals surface area contributed by atoms with Gasteiger partial charge in [-0.2, -0.15) is 10.1 Å². The molecule has 1 aliphatic rings. The van der Waals surface area contributed by atoms with Crippen molar-refractivity contribution in [2.45, 2.75) is 19.3 Å². The molecule has 2 heterocycles. The van der Waals surface area contributed by atoms with E-state index in [1.807, 2.05) is 0 Å². The fourth-order valence-corrected chi connectivity index (χ4v) is 1.91. The van der Waals surface area contributed by atoms with Crippen LogP contribution in [0.1, 0.15) is 17.7 Å². The Kier molecular flexibility index (Phi) is 1.15. The summed E-state index contributed by atoms with van der Waals surface area (Å²) >= 11 is 0. The number of hydrogen-bond acceptors (Lipinski definition) is 3. The van der Waals surface area contributed by atoms with Crippen molar-refractivity contribution in [3.63, 3.8) is 0 Å². The maximum Gasteiger partial charge on any atom is 0.255 e. The number of nitrogens with zero attached hydrogens (tertiary/aromatic N) is 3. The molecule has 5 nitrogen and oxygen atoms in total. The van der Waals surface area contributed by atoms with Crippen LogP contribution < -0.4 is 5.56 Å². The van der Waals surface area contributed by atoms with Crippen molar-refractivity contribution in [1.82, 2.24) is 19.6 Å². The number of aromatic nitrogens is 4. The van der Waals surface area contributed by atoms with Gasteiger partial charge >= 0.3 is 0 Å². The molecule has 0 atom stereocenters. The molecule has 0 fully saturated rings. The van der Waals surface area contributed by atoms with Gasteiger partial charge in [-0.3, -0.25) is 9.78 Å². The van der Waals surface area contributed by atoms with E-state index in [9.17, 15) is 4.79 Å². The van der Waals surface area contributed by atoms with E-state index < -0.39 is 0 Å². The molecule has 0 saturated carbocycles. The van der Waals surface area contributed by atoms with Crippen LogP contribution in [0.25, 0.3) is 5.78 Å². The Morgan fingerprint density at radius 2 is 2.38 bits per heavy atom. The summed E-state index contributed by atoms with van der Waals surface area (Å²) in [6.45, 7) is 0. The highest BCUT2D eigenvalue weighted by Gasteiger charge is 2.18. The fourth-order valence-electron chi connectivity index (χ4n) is 1.91. The molecule has 1 aliphatic carbocycles. The molecule has 13 heavy (non-hydrogen) atoms. The third-order valence-corrected chi connectivity index (χ3v) is 2.49. The quantitative estimate of drug-likeness (QED) is 0.610. The molecule has 0 radical (unpaired) electrons. The van der Waals surface area contributed by atoms with Crippen LogP contribution in [0.4, 0.5) is 0 Å². The monoisotopic (exact) mass is 176 g/mol. The van der Waals surface area contributed by atoms with Crippen LogP contribution in [0.15, 0.2) is 11.1 Å². The Morgan fingerprint density at radius 3 is 3.31 bits per heavy atom. The maximum absolute atomic E-state index is 11.5. The summed E-state index contributed by atoms with van der Waals surface area (Å²) in [7, 11) is 0. The highest BCUT2D eigenvalue weighted by Crippen LogP contribution is 2.17. The van der Waals surface area contributed by atoms with E-state index in [0.29, 0.717) is 5.78 Å². The average Bonchev–Trinajstić information content (AvgIpc) is 2.66. The summed E-state index contributed by atoms with van der Waals surface area (Å²) in [5, 5.41) is 4.07. The van der Waals surface area contributed by atoms with Crippen LogP contribution in [-0.4, -0.2) is 19.6 Å². The summed E-state index contributed by atoms with van der Waals surface area (Å²) in [4.78, 5) is 18.1. The number of rotatable bonds is 0. The van der Waals surface area contributed by atoms with Crippen molar-refractivity contribution in [3.05, 3.63) is 27.9 Å². The van der Waals surface area contributed by atoms with Gasteiger partial charge in [0, 0.05) is 5.56 Å². The summed E-state index contributed by atoms with van der Waals surface area (Å²) in [6.07, 6.45) is 4.29. The molecule has 66 valence electrons. The van der Waals surface area contributed by atoms with E-state index in [2.05, 4.69) is 15.1 Å². The second-order valence-corrected chi connectivity index (χ2v) is 3.23. The van der Waals surface area contributed by atoms with Crippen molar-refractivity contribution < 1.29 is 0 Å². The lowest BCUT2D eigenvalue weighted by Gasteiger charge is -1.99. The fraction of sp³-hybridized carbons (Fsp3) is 0.375. The number of H-pyrrole nitrogens is 1. The topological polar surface area (TPSA) is 63.0 Å². The number of nitrogens with one attached hydrogen (secondary N) is 1. The van der Waals surface area contributed by atoms with Crippen molar-refractivity contribution >= 4 is 5.78 Å². The van der Waals surface area contributed by atoms with Crippen molar-refractivity contribution in [2.24, 2.45) is 0 Å². The average molecular weight is 176 g/mol. The second kappa shape index (κ2) is 2.18. The lowest BCUT2D eigenvalue weighted by atomic mass is 10.3. The molecule has 2 aromatic heterocycles. The Morgan fingerprint density at radius 1 is 1.46 bits per heavy atom. The zero-order valence-electron chi connectivity index (χ0n) is 6.95. The Balaban J connectivity index is 2.55. The van der Waals surface area contributed by atoms with Crippen LogP contribution in [0.2, 0.25) is 0 Å². The van der Waals surface area contributed by atoms with Gasteiger partial charge in [-0.15, -0.1) is 0 Å². The number of hydrogen-bond donors (Lipinski definition) is 1. The van der Waals surface area contributed by atoms with Gasteiger partial charge in [0.2, 0.25) is 5.78 Å². The molecule has 0 unspecified atom stereocenters. The highest BCUT2D eigenvalue weighted by molar-refractivity contribution is 5.33. The van der Waals surface area contributed by atoms with Gasteiger partial charge in [-0.1, -0.05) is 0 Å². The van der Waals surface area contributed by atoms with Crippen molar-refractivity contribution in [3.8, 4) is 0 Å². The van der Waals surface area contributed by atoms with Gasteiger partial charge in [-0.25, -0.2) is 4.52 Å². The SMILES string of the molecule is O=c1[nH]c2ncnn2c2c1CCC2. The van der Waals surface area contributed by atoms with Crippen LogP contribution >= 0.6 is 0 Å².